The van der Waals surface area contributed by atoms with Crippen molar-refractivity contribution in [3.05, 3.63) is 30.9 Å². The van der Waals surface area contributed by atoms with Crippen molar-refractivity contribution in [2.75, 3.05) is 23.4 Å². The number of benzene rings is 1. The van der Waals surface area contributed by atoms with Gasteiger partial charge >= 0.3 is 0 Å². The third-order valence-electron chi connectivity index (χ3n) is 3.91. The molecule has 1 aromatic rings. The number of anilines is 2. The van der Waals surface area contributed by atoms with Crippen LogP contribution in [-0.4, -0.2) is 25.0 Å². The Hall–Kier alpha value is -2.30. The van der Waals surface area contributed by atoms with Crippen molar-refractivity contribution >= 4 is 23.2 Å². The summed E-state index contributed by atoms with van der Waals surface area (Å²) >= 11 is 0. The second kappa shape index (κ2) is 6.30. The van der Waals surface area contributed by atoms with Crippen LogP contribution in [0.5, 0.6) is 5.75 Å². The Morgan fingerprint density at radius 1 is 1.42 bits per heavy atom. The van der Waals surface area contributed by atoms with Crippen LogP contribution in [0.25, 0.3) is 0 Å². The van der Waals surface area contributed by atoms with E-state index in [2.05, 4.69) is 11.9 Å². The molecule has 0 aromatic heterocycles. The number of hydrogen-bond donors (Lipinski definition) is 1. The molecule has 5 nitrogen and oxygen atoms in total. The summed E-state index contributed by atoms with van der Waals surface area (Å²) in [5.74, 6) is 0.505. The molecule has 0 spiro atoms. The van der Waals surface area contributed by atoms with E-state index in [-0.39, 0.29) is 18.4 Å². The summed E-state index contributed by atoms with van der Waals surface area (Å²) < 4.78 is 5.87. The minimum Gasteiger partial charge on any atom is -0.490 e. The Labute approximate surface area is 143 Å². The van der Waals surface area contributed by atoms with Crippen LogP contribution in [0.4, 0.5) is 11.4 Å². The fraction of sp³-hybridized carbons (Fsp3) is 0.474. The van der Waals surface area contributed by atoms with Crippen molar-refractivity contribution in [1.82, 2.24) is 0 Å². The maximum atomic E-state index is 12.7. The Kier molecular flexibility index (Phi) is 4.74. The number of hydrogen-bond acceptors (Lipinski definition) is 3. The summed E-state index contributed by atoms with van der Waals surface area (Å²) in [6.45, 7) is 13.7. The minimum absolute atomic E-state index is 0.00683. The quantitative estimate of drug-likeness (QED) is 0.861. The van der Waals surface area contributed by atoms with Gasteiger partial charge in [0.25, 0.3) is 0 Å². The van der Waals surface area contributed by atoms with Gasteiger partial charge in [-0.15, -0.1) is 6.58 Å². The number of amides is 2. The maximum Gasteiger partial charge on any atom is 0.236 e. The second-order valence-corrected chi connectivity index (χ2v) is 7.76. The molecule has 1 heterocycles. The Bertz CT molecular complexity index is 672. The maximum absolute atomic E-state index is 12.7. The fourth-order valence-corrected chi connectivity index (χ4v) is 2.35. The number of carbonyl (C=O) groups is 2. The van der Waals surface area contributed by atoms with Crippen LogP contribution in [0.15, 0.2) is 30.9 Å². The largest absolute Gasteiger partial charge is 0.490 e. The van der Waals surface area contributed by atoms with E-state index in [1.807, 2.05) is 34.6 Å². The molecule has 0 radical (unpaired) electrons. The molecule has 2 rings (SSSR count). The molecule has 1 N–H and O–H groups in total. The molecule has 2 amide bonds. The Morgan fingerprint density at radius 3 is 2.67 bits per heavy atom. The van der Waals surface area contributed by atoms with E-state index in [1.165, 1.54) is 0 Å². The average Bonchev–Trinajstić information content (AvgIpc) is 2.57. The molecular weight excluding hydrogens is 304 g/mol. The van der Waals surface area contributed by atoms with Crippen molar-refractivity contribution in [3.8, 4) is 5.75 Å². The highest BCUT2D eigenvalue weighted by molar-refractivity contribution is 6.00. The highest BCUT2D eigenvalue weighted by Crippen LogP contribution is 2.38. The molecule has 0 aliphatic carbocycles. The Balaban J connectivity index is 2.38. The van der Waals surface area contributed by atoms with Crippen LogP contribution >= 0.6 is 0 Å². The molecule has 1 aliphatic rings. The number of nitrogens with zero attached hydrogens (tertiary/aromatic N) is 1. The lowest BCUT2D eigenvalue weighted by molar-refractivity contribution is -0.127. The van der Waals surface area contributed by atoms with Gasteiger partial charge in [-0.05, 0) is 26.0 Å². The van der Waals surface area contributed by atoms with Crippen molar-refractivity contribution in [2.24, 2.45) is 10.8 Å². The summed E-state index contributed by atoms with van der Waals surface area (Å²) in [5, 5.41) is 2.89. The standard InChI is InChI=1S/C19H26N2O3/c1-7-10-21-14-9-8-13(20-16(22)18(2,3)4)11-15(14)24-12-19(5,6)17(21)23/h7-9,11H,1,10,12H2,2-6H3,(H,20,22). The molecule has 1 aliphatic heterocycles. The summed E-state index contributed by atoms with van der Waals surface area (Å²) in [5.41, 5.74) is 0.232. The van der Waals surface area contributed by atoms with Gasteiger partial charge in [0.05, 0.1) is 11.1 Å². The zero-order valence-corrected chi connectivity index (χ0v) is 15.1. The fourth-order valence-electron chi connectivity index (χ4n) is 2.35. The normalized spacial score (nSPS) is 16.7. The van der Waals surface area contributed by atoms with E-state index in [0.717, 1.165) is 0 Å². The van der Waals surface area contributed by atoms with E-state index in [0.29, 0.717) is 23.7 Å². The Morgan fingerprint density at radius 2 is 2.08 bits per heavy atom. The first-order chi connectivity index (χ1) is 11.1. The van der Waals surface area contributed by atoms with Crippen molar-refractivity contribution in [3.63, 3.8) is 0 Å². The first-order valence-corrected chi connectivity index (χ1v) is 8.07. The molecule has 0 saturated carbocycles. The third kappa shape index (κ3) is 3.61. The monoisotopic (exact) mass is 330 g/mol. The van der Waals surface area contributed by atoms with Crippen molar-refractivity contribution in [1.29, 1.82) is 0 Å². The number of carbonyl (C=O) groups excluding carboxylic acids is 2. The number of fused-ring (bicyclic) bond motifs is 1. The van der Waals surface area contributed by atoms with E-state index in [4.69, 9.17) is 4.74 Å². The van der Waals surface area contributed by atoms with Gasteiger partial charge in [0.15, 0.2) is 0 Å². The van der Waals surface area contributed by atoms with Gasteiger partial charge in [-0.3, -0.25) is 9.59 Å². The lowest BCUT2D eigenvalue weighted by atomic mass is 9.93. The van der Waals surface area contributed by atoms with E-state index in [9.17, 15) is 9.59 Å². The van der Waals surface area contributed by atoms with E-state index in [1.54, 1.807) is 29.2 Å². The van der Waals surface area contributed by atoms with Crippen LogP contribution in [0.1, 0.15) is 34.6 Å². The van der Waals surface area contributed by atoms with Gasteiger partial charge in [0.2, 0.25) is 11.8 Å². The molecule has 24 heavy (non-hydrogen) atoms. The highest BCUT2D eigenvalue weighted by atomic mass is 16.5. The first kappa shape index (κ1) is 18.0. The molecule has 0 saturated heterocycles. The van der Waals surface area contributed by atoms with Gasteiger partial charge < -0.3 is 15.0 Å². The van der Waals surface area contributed by atoms with Gasteiger partial charge in [-0.25, -0.2) is 0 Å². The SMILES string of the molecule is C=CCN1C(=O)C(C)(C)COc2cc(NC(=O)C(C)(C)C)ccc21. The first-order valence-electron chi connectivity index (χ1n) is 8.07. The molecule has 0 unspecified atom stereocenters. The van der Waals surface area contributed by atoms with Gasteiger partial charge in [0.1, 0.15) is 12.4 Å². The van der Waals surface area contributed by atoms with Crippen LogP contribution in [-0.2, 0) is 9.59 Å². The number of ether oxygens (including phenoxy) is 1. The predicted molar refractivity (Wildman–Crippen MR) is 96.4 cm³/mol. The van der Waals surface area contributed by atoms with Crippen LogP contribution in [0.2, 0.25) is 0 Å². The zero-order valence-electron chi connectivity index (χ0n) is 15.1. The summed E-state index contributed by atoms with van der Waals surface area (Å²) in [6, 6.07) is 5.35. The lowest BCUT2D eigenvalue weighted by Crippen LogP contribution is -2.42. The molecule has 130 valence electrons. The molecule has 1 aromatic carbocycles. The average molecular weight is 330 g/mol. The summed E-state index contributed by atoms with van der Waals surface area (Å²) in [6.07, 6.45) is 1.69. The topological polar surface area (TPSA) is 58.6 Å². The summed E-state index contributed by atoms with van der Waals surface area (Å²) in [7, 11) is 0. The molecular formula is C19H26N2O3. The molecule has 0 bridgehead atoms. The van der Waals surface area contributed by atoms with Gasteiger partial charge in [-0.2, -0.15) is 0 Å². The number of nitrogens with one attached hydrogen (secondary N) is 1. The van der Waals surface area contributed by atoms with Crippen LogP contribution in [0.3, 0.4) is 0 Å². The molecule has 0 fully saturated rings. The lowest BCUT2D eigenvalue weighted by Gasteiger charge is -2.27. The number of rotatable bonds is 3. The van der Waals surface area contributed by atoms with Crippen molar-refractivity contribution < 1.29 is 14.3 Å². The van der Waals surface area contributed by atoms with Crippen molar-refractivity contribution in [2.45, 2.75) is 34.6 Å². The van der Waals surface area contributed by atoms with E-state index < -0.39 is 10.8 Å². The molecule has 0 atom stereocenters. The third-order valence-corrected chi connectivity index (χ3v) is 3.91. The van der Waals surface area contributed by atoms with E-state index >= 15 is 0 Å². The van der Waals surface area contributed by atoms with Gasteiger partial charge in [-0.1, -0.05) is 26.8 Å². The summed E-state index contributed by atoms with van der Waals surface area (Å²) in [4.78, 5) is 26.6. The minimum atomic E-state index is -0.628. The predicted octanol–water partition coefficient (Wildman–Crippen LogP) is 3.61. The van der Waals surface area contributed by atoms with Crippen LogP contribution < -0.4 is 15.0 Å². The molecule has 5 heteroatoms. The highest BCUT2D eigenvalue weighted by Gasteiger charge is 2.37. The second-order valence-electron chi connectivity index (χ2n) is 7.76. The van der Waals surface area contributed by atoms with Gasteiger partial charge in [0, 0.05) is 23.7 Å². The zero-order chi connectivity index (χ0) is 18.1. The smallest absolute Gasteiger partial charge is 0.236 e. The van der Waals surface area contributed by atoms with Crippen LogP contribution in [0, 0.1) is 10.8 Å².